The third-order valence-electron chi connectivity index (χ3n) is 5.62. The van der Waals surface area contributed by atoms with Gasteiger partial charge in [-0.05, 0) is 37.1 Å². The molecule has 2 aliphatic heterocycles. The zero-order valence-corrected chi connectivity index (χ0v) is 18.0. The smallest absolute Gasteiger partial charge is 0.348 e. The second-order valence-corrected chi connectivity index (χ2v) is 9.50. The minimum Gasteiger partial charge on any atom is -0.475 e. The Balaban J connectivity index is 1.58. The van der Waals surface area contributed by atoms with E-state index in [2.05, 4.69) is 0 Å². The van der Waals surface area contributed by atoms with Gasteiger partial charge in [-0.3, -0.25) is 4.79 Å². The molecule has 4 rings (SSSR count). The second kappa shape index (κ2) is 8.68. The van der Waals surface area contributed by atoms with Crippen LogP contribution in [0.15, 0.2) is 59.5 Å². The molecule has 0 radical (unpaired) electrons. The van der Waals surface area contributed by atoms with Gasteiger partial charge in [0.05, 0.1) is 30.2 Å². The molecular weight excluding hydrogens is 420 g/mol. The van der Waals surface area contributed by atoms with Crippen LogP contribution in [-0.2, 0) is 24.3 Å². The van der Waals surface area contributed by atoms with Crippen molar-refractivity contribution in [1.29, 1.82) is 0 Å². The zero-order valence-electron chi connectivity index (χ0n) is 17.1. The predicted octanol–water partition coefficient (Wildman–Crippen LogP) is 2.05. The van der Waals surface area contributed by atoms with Crippen molar-refractivity contribution in [2.75, 3.05) is 31.6 Å². The van der Waals surface area contributed by atoms with Gasteiger partial charge in [0.1, 0.15) is 5.75 Å². The van der Waals surface area contributed by atoms with E-state index in [4.69, 9.17) is 9.47 Å². The van der Waals surface area contributed by atoms with E-state index in [1.54, 1.807) is 54.6 Å². The van der Waals surface area contributed by atoms with Crippen molar-refractivity contribution in [2.24, 2.45) is 5.92 Å². The number of esters is 1. The first-order valence-electron chi connectivity index (χ1n) is 10.1. The van der Waals surface area contributed by atoms with Crippen LogP contribution in [0.5, 0.6) is 5.75 Å². The average molecular weight is 445 g/mol. The summed E-state index contributed by atoms with van der Waals surface area (Å²) >= 11 is 0. The van der Waals surface area contributed by atoms with Crippen LogP contribution < -0.4 is 9.64 Å². The van der Waals surface area contributed by atoms with E-state index in [1.165, 1.54) is 16.3 Å². The maximum atomic E-state index is 13.5. The van der Waals surface area contributed by atoms with Crippen molar-refractivity contribution in [3.05, 3.63) is 54.6 Å². The number of carbonyl (C=O) groups excluding carboxylic acids is 2. The molecule has 2 aliphatic rings. The lowest BCUT2D eigenvalue weighted by atomic mass is 9.97. The molecule has 0 bridgehead atoms. The number of hydrogen-bond acceptors (Lipinski definition) is 6. The standard InChI is InChI=1S/C22H24N2O6S/c1-29-22(26)20-15-24(18-11-5-6-12-19(18)30-20)21(25)16-8-7-13-23(14-16)31(27,28)17-9-3-2-4-10-17/h2-6,9-12,16,20H,7-8,13-15H2,1H3/t16-,20-/m0/s1. The Kier molecular flexibility index (Phi) is 5.97. The first-order valence-corrected chi connectivity index (χ1v) is 11.6. The molecule has 0 saturated carbocycles. The summed E-state index contributed by atoms with van der Waals surface area (Å²) in [5.41, 5.74) is 0.565. The number of benzene rings is 2. The van der Waals surface area contributed by atoms with Gasteiger partial charge in [0, 0.05) is 13.1 Å². The lowest BCUT2D eigenvalue weighted by Crippen LogP contribution is -2.52. The van der Waals surface area contributed by atoms with Crippen molar-refractivity contribution in [3.8, 4) is 5.75 Å². The number of carbonyl (C=O) groups is 2. The highest BCUT2D eigenvalue weighted by atomic mass is 32.2. The van der Waals surface area contributed by atoms with Crippen LogP contribution in [0.4, 0.5) is 5.69 Å². The topological polar surface area (TPSA) is 93.2 Å². The molecule has 0 spiro atoms. The van der Waals surface area contributed by atoms with E-state index in [0.29, 0.717) is 30.8 Å². The van der Waals surface area contributed by atoms with Gasteiger partial charge in [0.25, 0.3) is 0 Å². The molecule has 1 saturated heterocycles. The van der Waals surface area contributed by atoms with E-state index in [9.17, 15) is 18.0 Å². The highest BCUT2D eigenvalue weighted by molar-refractivity contribution is 7.89. The number of para-hydroxylation sites is 2. The van der Waals surface area contributed by atoms with Gasteiger partial charge in [-0.15, -0.1) is 0 Å². The molecule has 2 heterocycles. The Hall–Kier alpha value is -2.91. The molecule has 0 aliphatic carbocycles. The number of hydrogen-bond donors (Lipinski definition) is 0. The molecule has 31 heavy (non-hydrogen) atoms. The maximum Gasteiger partial charge on any atom is 0.348 e. The number of nitrogens with zero attached hydrogens (tertiary/aromatic N) is 2. The van der Waals surface area contributed by atoms with Crippen molar-refractivity contribution >= 4 is 27.6 Å². The Labute approximate surface area is 181 Å². The molecule has 1 fully saturated rings. The number of sulfonamides is 1. The Morgan fingerprint density at radius 3 is 2.48 bits per heavy atom. The molecule has 0 aromatic heterocycles. The van der Waals surface area contributed by atoms with Gasteiger partial charge in [-0.25, -0.2) is 13.2 Å². The molecule has 8 nitrogen and oxygen atoms in total. The monoisotopic (exact) mass is 444 g/mol. The number of methoxy groups -OCH3 is 1. The van der Waals surface area contributed by atoms with Gasteiger partial charge in [-0.1, -0.05) is 30.3 Å². The van der Waals surface area contributed by atoms with Gasteiger partial charge >= 0.3 is 5.97 Å². The van der Waals surface area contributed by atoms with E-state index in [-0.39, 0.29) is 23.9 Å². The lowest BCUT2D eigenvalue weighted by molar-refractivity contribution is -0.148. The molecule has 2 atom stereocenters. The van der Waals surface area contributed by atoms with Crippen LogP contribution in [0.2, 0.25) is 0 Å². The lowest BCUT2D eigenvalue weighted by Gasteiger charge is -2.38. The highest BCUT2D eigenvalue weighted by Crippen LogP contribution is 2.35. The third kappa shape index (κ3) is 4.15. The fourth-order valence-electron chi connectivity index (χ4n) is 4.02. The minimum atomic E-state index is -3.68. The molecule has 0 unspecified atom stereocenters. The van der Waals surface area contributed by atoms with E-state index >= 15 is 0 Å². The quantitative estimate of drug-likeness (QED) is 0.670. The zero-order chi connectivity index (χ0) is 22.0. The minimum absolute atomic E-state index is 0.0183. The number of rotatable bonds is 4. The van der Waals surface area contributed by atoms with Gasteiger partial charge in [0.15, 0.2) is 0 Å². The fraction of sp³-hybridized carbons (Fsp3) is 0.364. The van der Waals surface area contributed by atoms with Crippen molar-refractivity contribution in [3.63, 3.8) is 0 Å². The summed E-state index contributed by atoms with van der Waals surface area (Å²) in [6, 6.07) is 15.2. The number of piperidine rings is 1. The Morgan fingerprint density at radius 1 is 1.03 bits per heavy atom. The summed E-state index contributed by atoms with van der Waals surface area (Å²) in [7, 11) is -2.41. The normalized spacial score (nSPS) is 21.6. The van der Waals surface area contributed by atoms with Crippen LogP contribution in [0, 0.1) is 5.92 Å². The van der Waals surface area contributed by atoms with Crippen molar-refractivity contribution in [1.82, 2.24) is 4.31 Å². The number of ether oxygens (including phenoxy) is 2. The van der Waals surface area contributed by atoms with Crippen molar-refractivity contribution in [2.45, 2.75) is 23.8 Å². The van der Waals surface area contributed by atoms with Gasteiger partial charge in [-0.2, -0.15) is 4.31 Å². The SMILES string of the molecule is COC(=O)[C@@H]1CN(C(=O)[C@H]2CCCN(S(=O)(=O)c3ccccc3)C2)c2ccccc2O1. The van der Waals surface area contributed by atoms with E-state index in [0.717, 1.165) is 0 Å². The molecular formula is C22H24N2O6S. The largest absolute Gasteiger partial charge is 0.475 e. The maximum absolute atomic E-state index is 13.5. The summed E-state index contributed by atoms with van der Waals surface area (Å²) in [6.45, 7) is 0.481. The van der Waals surface area contributed by atoms with Crippen LogP contribution in [0.3, 0.4) is 0 Å². The van der Waals surface area contributed by atoms with Crippen LogP contribution in [0.25, 0.3) is 0 Å². The van der Waals surface area contributed by atoms with Crippen molar-refractivity contribution < 1.29 is 27.5 Å². The summed E-state index contributed by atoms with van der Waals surface area (Å²) in [6.07, 6.45) is 0.216. The molecule has 0 N–H and O–H groups in total. The first-order chi connectivity index (χ1) is 14.9. The molecule has 2 aromatic carbocycles. The Bertz CT molecular complexity index is 1070. The first kappa shape index (κ1) is 21.3. The highest BCUT2D eigenvalue weighted by Gasteiger charge is 2.40. The molecule has 9 heteroatoms. The van der Waals surface area contributed by atoms with E-state index in [1.807, 2.05) is 0 Å². The van der Waals surface area contributed by atoms with Crippen LogP contribution in [-0.4, -0.2) is 57.4 Å². The molecule has 2 aromatic rings. The number of amides is 1. The summed E-state index contributed by atoms with van der Waals surface area (Å²) in [5, 5.41) is 0. The van der Waals surface area contributed by atoms with Crippen LogP contribution in [0.1, 0.15) is 12.8 Å². The summed E-state index contributed by atoms with van der Waals surface area (Å²) in [4.78, 5) is 27.3. The fourth-order valence-corrected chi connectivity index (χ4v) is 5.57. The van der Waals surface area contributed by atoms with Gasteiger partial charge < -0.3 is 14.4 Å². The number of anilines is 1. The third-order valence-corrected chi connectivity index (χ3v) is 7.50. The summed E-state index contributed by atoms with van der Waals surface area (Å²) < 4.78 is 37.9. The van der Waals surface area contributed by atoms with Crippen LogP contribution >= 0.6 is 0 Å². The average Bonchev–Trinajstić information content (AvgIpc) is 2.83. The number of fused-ring (bicyclic) bond motifs is 1. The Morgan fingerprint density at radius 2 is 1.74 bits per heavy atom. The molecule has 164 valence electrons. The predicted molar refractivity (Wildman–Crippen MR) is 113 cm³/mol. The van der Waals surface area contributed by atoms with Gasteiger partial charge in [0.2, 0.25) is 22.0 Å². The summed E-state index contributed by atoms with van der Waals surface area (Å²) in [5.74, 6) is -0.888. The van der Waals surface area contributed by atoms with E-state index < -0.39 is 28.0 Å². The molecule has 1 amide bonds. The second-order valence-electron chi connectivity index (χ2n) is 7.56.